The summed E-state index contributed by atoms with van der Waals surface area (Å²) in [5.41, 5.74) is 0.582. The maximum absolute atomic E-state index is 11.2. The lowest BCUT2D eigenvalue weighted by Gasteiger charge is -2.06. The molecule has 2 rings (SSSR count). The monoisotopic (exact) mass is 257 g/mol. The van der Waals surface area contributed by atoms with Crippen LogP contribution < -0.4 is 9.88 Å². The maximum atomic E-state index is 11.2. The van der Waals surface area contributed by atoms with Gasteiger partial charge in [-0.25, -0.2) is 13.6 Å². The summed E-state index contributed by atoms with van der Waals surface area (Å²) in [7, 11) is -3.78. The first-order chi connectivity index (χ1) is 7.88. The van der Waals surface area contributed by atoms with E-state index in [1.165, 1.54) is 18.2 Å². The summed E-state index contributed by atoms with van der Waals surface area (Å²) in [4.78, 5) is 10.6. The third-order valence-electron chi connectivity index (χ3n) is 2.61. The van der Waals surface area contributed by atoms with E-state index < -0.39 is 16.0 Å². The second kappa shape index (κ2) is 4.01. The second-order valence-electron chi connectivity index (χ2n) is 3.85. The highest BCUT2D eigenvalue weighted by Crippen LogP contribution is 2.37. The highest BCUT2D eigenvalue weighted by molar-refractivity contribution is 7.89. The van der Waals surface area contributed by atoms with E-state index in [0.29, 0.717) is 11.3 Å². The van der Waals surface area contributed by atoms with Gasteiger partial charge in [-0.3, -0.25) is 4.79 Å². The number of hydrogen-bond donors (Lipinski definition) is 2. The molecule has 0 fully saturated rings. The molecule has 0 radical (unpaired) electrons. The fourth-order valence-corrected chi connectivity index (χ4v) is 2.36. The van der Waals surface area contributed by atoms with E-state index in [1.807, 2.05) is 0 Å². The molecular weight excluding hydrogens is 246 g/mol. The SMILES string of the molecule is NS(=O)(=O)c1ccc2c(c1)C(CC(=O)O)CO2. The molecule has 7 heteroatoms. The van der Waals surface area contributed by atoms with Gasteiger partial charge in [0.05, 0.1) is 17.9 Å². The Balaban J connectivity index is 2.40. The van der Waals surface area contributed by atoms with Crippen molar-refractivity contribution >= 4 is 16.0 Å². The van der Waals surface area contributed by atoms with Gasteiger partial charge in [-0.2, -0.15) is 0 Å². The molecule has 1 atom stereocenters. The molecule has 0 spiro atoms. The van der Waals surface area contributed by atoms with Gasteiger partial charge in [0.15, 0.2) is 0 Å². The molecular formula is C10H11NO5S. The molecule has 1 unspecified atom stereocenters. The van der Waals surface area contributed by atoms with Gasteiger partial charge in [-0.1, -0.05) is 0 Å². The number of ether oxygens (including phenoxy) is 1. The van der Waals surface area contributed by atoms with E-state index in [4.69, 9.17) is 15.0 Å². The van der Waals surface area contributed by atoms with Gasteiger partial charge in [0.25, 0.3) is 0 Å². The summed E-state index contributed by atoms with van der Waals surface area (Å²) in [5.74, 6) is -0.764. The number of hydrogen-bond acceptors (Lipinski definition) is 4. The molecule has 1 aromatic carbocycles. The number of sulfonamides is 1. The molecule has 0 aromatic heterocycles. The van der Waals surface area contributed by atoms with Crippen LogP contribution in [0.3, 0.4) is 0 Å². The third kappa shape index (κ3) is 2.40. The zero-order valence-corrected chi connectivity index (χ0v) is 9.61. The van der Waals surface area contributed by atoms with Crippen LogP contribution in [0.2, 0.25) is 0 Å². The summed E-state index contributed by atoms with van der Waals surface area (Å²) in [6.07, 6.45) is -0.0962. The average Bonchev–Trinajstić information content (AvgIpc) is 2.59. The summed E-state index contributed by atoms with van der Waals surface area (Å²) in [6.45, 7) is 0.246. The Kier molecular flexibility index (Phi) is 2.80. The van der Waals surface area contributed by atoms with Gasteiger partial charge in [0.2, 0.25) is 10.0 Å². The fraction of sp³-hybridized carbons (Fsp3) is 0.300. The van der Waals surface area contributed by atoms with Crippen molar-refractivity contribution in [1.29, 1.82) is 0 Å². The summed E-state index contributed by atoms with van der Waals surface area (Å²) in [6, 6.07) is 4.22. The smallest absolute Gasteiger partial charge is 0.304 e. The summed E-state index contributed by atoms with van der Waals surface area (Å²) >= 11 is 0. The molecule has 0 amide bonds. The Labute approximate surface area is 98.1 Å². The van der Waals surface area contributed by atoms with E-state index in [9.17, 15) is 13.2 Å². The van der Waals surface area contributed by atoms with Crippen molar-refractivity contribution in [1.82, 2.24) is 0 Å². The molecule has 0 saturated carbocycles. The number of rotatable bonds is 3. The molecule has 17 heavy (non-hydrogen) atoms. The minimum Gasteiger partial charge on any atom is -0.493 e. The van der Waals surface area contributed by atoms with Crippen LogP contribution in [0, 0.1) is 0 Å². The molecule has 6 nitrogen and oxygen atoms in total. The second-order valence-corrected chi connectivity index (χ2v) is 5.41. The largest absolute Gasteiger partial charge is 0.493 e. The lowest BCUT2D eigenvalue weighted by Crippen LogP contribution is -2.12. The quantitative estimate of drug-likeness (QED) is 0.809. The molecule has 0 aliphatic carbocycles. The molecule has 0 bridgehead atoms. The molecule has 1 aliphatic rings. The van der Waals surface area contributed by atoms with Gasteiger partial charge in [0.1, 0.15) is 5.75 Å². The minimum atomic E-state index is -3.78. The van der Waals surface area contributed by atoms with Crippen LogP contribution in [0.5, 0.6) is 5.75 Å². The number of benzene rings is 1. The maximum Gasteiger partial charge on any atom is 0.304 e. The van der Waals surface area contributed by atoms with Crippen LogP contribution >= 0.6 is 0 Å². The molecule has 3 N–H and O–H groups in total. The van der Waals surface area contributed by atoms with Crippen molar-refractivity contribution in [3.8, 4) is 5.75 Å². The standard InChI is InChI=1S/C10H11NO5S/c11-17(14,15)7-1-2-9-8(4-7)6(5-16-9)3-10(12)13/h1-2,4,6H,3,5H2,(H,12,13)(H2,11,14,15). The van der Waals surface area contributed by atoms with E-state index in [0.717, 1.165) is 0 Å². The minimum absolute atomic E-state index is 0.0304. The van der Waals surface area contributed by atoms with Crippen LogP contribution in [0.1, 0.15) is 17.9 Å². The number of fused-ring (bicyclic) bond motifs is 1. The van der Waals surface area contributed by atoms with Crippen LogP contribution in [0.15, 0.2) is 23.1 Å². The topological polar surface area (TPSA) is 107 Å². The first kappa shape index (κ1) is 11.9. The van der Waals surface area contributed by atoms with Crippen molar-refractivity contribution in [2.75, 3.05) is 6.61 Å². The Hall–Kier alpha value is -1.60. The first-order valence-electron chi connectivity index (χ1n) is 4.89. The van der Waals surface area contributed by atoms with E-state index >= 15 is 0 Å². The summed E-state index contributed by atoms with van der Waals surface area (Å²) < 4.78 is 27.6. The van der Waals surface area contributed by atoms with Crippen molar-refractivity contribution in [3.05, 3.63) is 23.8 Å². The van der Waals surface area contributed by atoms with Crippen molar-refractivity contribution in [3.63, 3.8) is 0 Å². The van der Waals surface area contributed by atoms with Gasteiger partial charge in [0, 0.05) is 11.5 Å². The number of carboxylic acids is 1. The van der Waals surface area contributed by atoms with E-state index in [2.05, 4.69) is 0 Å². The van der Waals surface area contributed by atoms with Crippen LogP contribution in [-0.2, 0) is 14.8 Å². The Morgan fingerprint density at radius 2 is 2.24 bits per heavy atom. The number of primary sulfonamides is 1. The predicted molar refractivity (Wildman–Crippen MR) is 58.3 cm³/mol. The first-order valence-corrected chi connectivity index (χ1v) is 6.44. The normalized spacial score (nSPS) is 18.5. The van der Waals surface area contributed by atoms with Gasteiger partial charge < -0.3 is 9.84 Å². The lowest BCUT2D eigenvalue weighted by molar-refractivity contribution is -0.137. The molecule has 0 saturated heterocycles. The van der Waals surface area contributed by atoms with Gasteiger partial charge in [-0.15, -0.1) is 0 Å². The van der Waals surface area contributed by atoms with Gasteiger partial charge in [-0.05, 0) is 18.2 Å². The van der Waals surface area contributed by atoms with Crippen molar-refractivity contribution in [2.24, 2.45) is 5.14 Å². The number of nitrogens with two attached hydrogens (primary N) is 1. The highest BCUT2D eigenvalue weighted by atomic mass is 32.2. The number of carboxylic acid groups (broad SMARTS) is 1. The Morgan fingerprint density at radius 3 is 2.82 bits per heavy atom. The van der Waals surface area contributed by atoms with E-state index in [1.54, 1.807) is 0 Å². The van der Waals surface area contributed by atoms with E-state index in [-0.39, 0.29) is 23.8 Å². The van der Waals surface area contributed by atoms with Crippen LogP contribution in [-0.4, -0.2) is 26.1 Å². The fourth-order valence-electron chi connectivity index (χ4n) is 1.81. The third-order valence-corrected chi connectivity index (χ3v) is 3.52. The van der Waals surface area contributed by atoms with Gasteiger partial charge >= 0.3 is 5.97 Å². The van der Waals surface area contributed by atoms with Crippen molar-refractivity contribution in [2.45, 2.75) is 17.2 Å². The molecule has 1 aromatic rings. The number of aliphatic carboxylic acids is 1. The average molecular weight is 257 g/mol. The number of carbonyl (C=O) groups is 1. The summed E-state index contributed by atoms with van der Waals surface area (Å²) in [5, 5.41) is 13.7. The van der Waals surface area contributed by atoms with Crippen molar-refractivity contribution < 1.29 is 23.1 Å². The van der Waals surface area contributed by atoms with Crippen LogP contribution in [0.4, 0.5) is 0 Å². The predicted octanol–water partition coefficient (Wildman–Crippen LogP) is 0.285. The molecule has 1 heterocycles. The molecule has 92 valence electrons. The zero-order valence-electron chi connectivity index (χ0n) is 8.79. The molecule has 1 aliphatic heterocycles. The zero-order chi connectivity index (χ0) is 12.6. The highest BCUT2D eigenvalue weighted by Gasteiger charge is 2.27. The Morgan fingerprint density at radius 1 is 1.53 bits per heavy atom. The lowest BCUT2D eigenvalue weighted by atomic mass is 9.98. The Bertz CT molecular complexity index is 566. The van der Waals surface area contributed by atoms with Crippen LogP contribution in [0.25, 0.3) is 0 Å².